The zero-order chi connectivity index (χ0) is 13.7. The van der Waals surface area contributed by atoms with Crippen molar-refractivity contribution in [3.63, 3.8) is 0 Å². The van der Waals surface area contributed by atoms with Crippen molar-refractivity contribution in [2.24, 2.45) is 5.92 Å². The molecule has 0 spiro atoms. The molecule has 0 aromatic carbocycles. The van der Waals surface area contributed by atoms with Gasteiger partial charge >= 0.3 is 11.9 Å². The summed E-state index contributed by atoms with van der Waals surface area (Å²) in [5.41, 5.74) is 0.677. The highest BCUT2D eigenvalue weighted by Crippen LogP contribution is 2.22. The van der Waals surface area contributed by atoms with Crippen molar-refractivity contribution in [1.29, 1.82) is 0 Å². The average molecular weight is 337 g/mol. The van der Waals surface area contributed by atoms with Crippen molar-refractivity contribution in [3.8, 4) is 0 Å². The Hall–Kier alpha value is -1.14. The zero-order valence-corrected chi connectivity index (χ0v) is 12.1. The van der Waals surface area contributed by atoms with Crippen LogP contribution in [-0.4, -0.2) is 31.1 Å². The van der Waals surface area contributed by atoms with Crippen LogP contribution in [0.2, 0.25) is 5.15 Å². The van der Waals surface area contributed by atoms with E-state index in [1.807, 2.05) is 0 Å². The van der Waals surface area contributed by atoms with E-state index in [2.05, 4.69) is 30.4 Å². The lowest BCUT2D eigenvalue weighted by atomic mass is 10.0. The molecule has 18 heavy (non-hydrogen) atoms. The second-order valence-corrected chi connectivity index (χ2v) is 4.64. The predicted octanol–water partition coefficient (Wildman–Crippen LogP) is 2.00. The van der Waals surface area contributed by atoms with E-state index in [0.29, 0.717) is 10.0 Å². The van der Waals surface area contributed by atoms with Crippen LogP contribution >= 0.6 is 27.5 Å². The highest BCUT2D eigenvalue weighted by atomic mass is 79.9. The number of ether oxygens (including phenoxy) is 2. The van der Waals surface area contributed by atoms with Crippen molar-refractivity contribution < 1.29 is 19.1 Å². The fourth-order valence-electron chi connectivity index (χ4n) is 1.37. The number of nitrogens with zero attached hydrogens (tertiary/aromatic N) is 1. The molecule has 0 N–H and O–H groups in total. The summed E-state index contributed by atoms with van der Waals surface area (Å²) in [7, 11) is 2.43. The van der Waals surface area contributed by atoms with E-state index in [9.17, 15) is 9.59 Å². The molecule has 0 saturated heterocycles. The molecule has 5 nitrogen and oxygen atoms in total. The number of rotatable bonds is 4. The molecule has 0 aliphatic carbocycles. The first-order valence-electron chi connectivity index (χ1n) is 4.95. The zero-order valence-electron chi connectivity index (χ0n) is 9.78. The first-order valence-corrected chi connectivity index (χ1v) is 6.12. The molecule has 1 aromatic rings. The third-order valence-electron chi connectivity index (χ3n) is 2.30. The van der Waals surface area contributed by atoms with Gasteiger partial charge in [-0.1, -0.05) is 11.6 Å². The summed E-state index contributed by atoms with van der Waals surface area (Å²) in [5, 5.41) is 0.279. The maximum atomic E-state index is 11.5. The van der Waals surface area contributed by atoms with Gasteiger partial charge in [0.2, 0.25) is 0 Å². The standard InChI is InChI=1S/C11H11BrClNO4/c1-17-10(15)7(11(16)18-2)3-6-4-9(13)14-5-8(6)12/h4-5,7H,3H2,1-2H3. The van der Waals surface area contributed by atoms with Crippen molar-refractivity contribution in [2.75, 3.05) is 14.2 Å². The molecule has 0 aliphatic rings. The molecule has 1 aromatic heterocycles. The Kier molecular flexibility index (Phi) is 5.55. The Morgan fingerprint density at radius 1 is 1.39 bits per heavy atom. The molecule has 0 atom stereocenters. The van der Waals surface area contributed by atoms with Gasteiger partial charge in [0, 0.05) is 10.7 Å². The first-order chi connectivity index (χ1) is 8.49. The van der Waals surface area contributed by atoms with Gasteiger partial charge in [0.25, 0.3) is 0 Å². The van der Waals surface area contributed by atoms with Crippen LogP contribution in [0.4, 0.5) is 0 Å². The Morgan fingerprint density at radius 2 is 1.94 bits per heavy atom. The molecule has 1 rings (SSSR count). The Bertz CT molecular complexity index is 450. The second kappa shape index (κ2) is 6.70. The molecule has 98 valence electrons. The SMILES string of the molecule is COC(=O)C(Cc1cc(Cl)ncc1Br)C(=O)OC. The fourth-order valence-corrected chi connectivity index (χ4v) is 1.93. The normalized spacial score (nSPS) is 10.3. The van der Waals surface area contributed by atoms with E-state index in [4.69, 9.17) is 11.6 Å². The molecule has 1 heterocycles. The van der Waals surface area contributed by atoms with Crippen molar-refractivity contribution in [2.45, 2.75) is 6.42 Å². The number of hydrogen-bond donors (Lipinski definition) is 0. The monoisotopic (exact) mass is 335 g/mol. The largest absolute Gasteiger partial charge is 0.468 e. The maximum absolute atomic E-state index is 11.5. The number of methoxy groups -OCH3 is 2. The highest BCUT2D eigenvalue weighted by Gasteiger charge is 2.29. The van der Waals surface area contributed by atoms with Crippen LogP contribution in [0.5, 0.6) is 0 Å². The van der Waals surface area contributed by atoms with Crippen molar-refractivity contribution in [1.82, 2.24) is 4.98 Å². The maximum Gasteiger partial charge on any atom is 0.320 e. The van der Waals surface area contributed by atoms with Gasteiger partial charge < -0.3 is 9.47 Å². The summed E-state index contributed by atoms with van der Waals surface area (Å²) in [6, 6.07) is 1.57. The molecule has 0 amide bonds. The van der Waals surface area contributed by atoms with Crippen LogP contribution in [0.25, 0.3) is 0 Å². The number of esters is 2. The van der Waals surface area contributed by atoms with Gasteiger partial charge in [-0.05, 0) is 34.0 Å². The smallest absolute Gasteiger partial charge is 0.320 e. The minimum Gasteiger partial charge on any atom is -0.468 e. The van der Waals surface area contributed by atoms with Gasteiger partial charge in [-0.25, -0.2) is 4.98 Å². The molecule has 7 heteroatoms. The number of hydrogen-bond acceptors (Lipinski definition) is 5. The average Bonchev–Trinajstić information content (AvgIpc) is 2.38. The van der Waals surface area contributed by atoms with Gasteiger partial charge in [-0.3, -0.25) is 9.59 Å². The highest BCUT2D eigenvalue weighted by molar-refractivity contribution is 9.10. The molecule has 0 bridgehead atoms. The fraction of sp³-hybridized carbons (Fsp3) is 0.364. The molecule has 0 aliphatic heterocycles. The summed E-state index contributed by atoms with van der Waals surface area (Å²) < 4.78 is 9.81. The molecule has 0 unspecified atom stereocenters. The lowest BCUT2D eigenvalue weighted by Crippen LogP contribution is -2.28. The molecule has 0 fully saturated rings. The first kappa shape index (κ1) is 14.9. The second-order valence-electron chi connectivity index (χ2n) is 3.40. The number of aromatic nitrogens is 1. The molecule has 0 saturated carbocycles. The lowest BCUT2D eigenvalue weighted by Gasteiger charge is -2.13. The van der Waals surface area contributed by atoms with Gasteiger partial charge in [0.15, 0.2) is 5.92 Å². The van der Waals surface area contributed by atoms with Gasteiger partial charge in [-0.2, -0.15) is 0 Å². The van der Waals surface area contributed by atoms with Crippen molar-refractivity contribution >= 4 is 39.5 Å². The van der Waals surface area contributed by atoms with Crippen LogP contribution in [0.1, 0.15) is 5.56 Å². The van der Waals surface area contributed by atoms with E-state index in [-0.39, 0.29) is 11.6 Å². The van der Waals surface area contributed by atoms with E-state index in [1.165, 1.54) is 20.4 Å². The number of halogens is 2. The molecular weight excluding hydrogens is 325 g/mol. The van der Waals surface area contributed by atoms with E-state index in [0.717, 1.165) is 0 Å². The molecule has 0 radical (unpaired) electrons. The van der Waals surface area contributed by atoms with Crippen LogP contribution < -0.4 is 0 Å². The van der Waals surface area contributed by atoms with E-state index in [1.54, 1.807) is 6.07 Å². The molecular formula is C11H11BrClNO4. The number of pyridine rings is 1. The minimum absolute atomic E-state index is 0.127. The topological polar surface area (TPSA) is 65.5 Å². The van der Waals surface area contributed by atoms with E-state index >= 15 is 0 Å². The summed E-state index contributed by atoms with van der Waals surface area (Å²) in [6.45, 7) is 0. The Morgan fingerprint density at radius 3 is 2.44 bits per heavy atom. The third kappa shape index (κ3) is 3.68. The van der Waals surface area contributed by atoms with Crippen LogP contribution in [-0.2, 0) is 25.5 Å². The summed E-state index contributed by atoms with van der Waals surface area (Å²) in [4.78, 5) is 26.9. The van der Waals surface area contributed by atoms with Gasteiger partial charge in [0.1, 0.15) is 5.15 Å². The minimum atomic E-state index is -1.02. The predicted molar refractivity (Wildman–Crippen MR) is 68.2 cm³/mol. The van der Waals surface area contributed by atoms with Crippen LogP contribution in [0.3, 0.4) is 0 Å². The lowest BCUT2D eigenvalue weighted by molar-refractivity contribution is -0.158. The van der Waals surface area contributed by atoms with Gasteiger partial charge in [-0.15, -0.1) is 0 Å². The summed E-state index contributed by atoms with van der Waals surface area (Å²) in [5.74, 6) is -2.32. The number of carbonyl (C=O) groups is 2. The van der Waals surface area contributed by atoms with Gasteiger partial charge in [0.05, 0.1) is 14.2 Å². The van der Waals surface area contributed by atoms with Crippen LogP contribution in [0, 0.1) is 5.92 Å². The number of carbonyl (C=O) groups excluding carboxylic acids is 2. The third-order valence-corrected chi connectivity index (χ3v) is 3.22. The van der Waals surface area contributed by atoms with E-state index < -0.39 is 17.9 Å². The Labute approximate surface area is 118 Å². The van der Waals surface area contributed by atoms with Crippen LogP contribution in [0.15, 0.2) is 16.7 Å². The summed E-state index contributed by atoms with van der Waals surface area (Å²) >= 11 is 9.04. The quantitative estimate of drug-likeness (QED) is 0.478. The Balaban J connectivity index is 2.99. The van der Waals surface area contributed by atoms with Crippen molar-refractivity contribution in [3.05, 3.63) is 27.5 Å². The summed E-state index contributed by atoms with van der Waals surface area (Å²) in [6.07, 6.45) is 1.63.